The van der Waals surface area contributed by atoms with Crippen LogP contribution < -0.4 is 21.7 Å². The molecule has 0 saturated carbocycles. The third kappa shape index (κ3) is 9.68. The standard InChI is InChI=1S/C19H34N4O7/c1-6-10(4)15(20)18(28)21-11(5)16(26)22-12(8-14(24)25)17(27)23-13(19(29)30)7-9(2)3/h9-13,15H,6-8,20H2,1-5H3,(H,21,28)(H,22,26)(H,23,27)(H,24,25)(H,29,30). The molecule has 0 aromatic carbocycles. The molecule has 0 fully saturated rings. The number of carboxylic acids is 2. The number of rotatable bonds is 13. The van der Waals surface area contributed by atoms with Crippen LogP contribution in [-0.4, -0.2) is 64.0 Å². The van der Waals surface area contributed by atoms with Crippen LogP contribution in [0.1, 0.15) is 53.9 Å². The lowest BCUT2D eigenvalue weighted by atomic mass is 9.99. The van der Waals surface area contributed by atoms with E-state index in [1.807, 2.05) is 6.92 Å². The number of nitrogens with two attached hydrogens (primary N) is 1. The zero-order chi connectivity index (χ0) is 23.6. The van der Waals surface area contributed by atoms with Crippen molar-refractivity contribution in [2.45, 2.75) is 78.0 Å². The van der Waals surface area contributed by atoms with Crippen molar-refractivity contribution in [2.24, 2.45) is 17.6 Å². The number of amides is 3. The molecule has 5 unspecified atom stereocenters. The van der Waals surface area contributed by atoms with Crippen molar-refractivity contribution < 1.29 is 34.2 Å². The number of hydrogen-bond donors (Lipinski definition) is 6. The van der Waals surface area contributed by atoms with Gasteiger partial charge in [-0.1, -0.05) is 34.1 Å². The van der Waals surface area contributed by atoms with Gasteiger partial charge in [-0.25, -0.2) is 4.79 Å². The zero-order valence-electron chi connectivity index (χ0n) is 18.1. The fourth-order valence-electron chi connectivity index (χ4n) is 2.53. The number of hydrogen-bond acceptors (Lipinski definition) is 6. The zero-order valence-corrected chi connectivity index (χ0v) is 18.1. The Morgan fingerprint density at radius 1 is 0.833 bits per heavy atom. The second-order valence-corrected chi connectivity index (χ2v) is 7.83. The average Bonchev–Trinajstić information content (AvgIpc) is 2.64. The molecular formula is C19H34N4O7. The molecule has 0 radical (unpaired) electrons. The minimum atomic E-state index is -1.51. The lowest BCUT2D eigenvalue weighted by Gasteiger charge is -2.24. The van der Waals surface area contributed by atoms with Gasteiger partial charge in [-0.3, -0.25) is 19.2 Å². The van der Waals surface area contributed by atoms with E-state index in [9.17, 15) is 29.1 Å². The Morgan fingerprint density at radius 3 is 1.80 bits per heavy atom. The van der Waals surface area contributed by atoms with Gasteiger partial charge < -0.3 is 31.9 Å². The summed E-state index contributed by atoms with van der Waals surface area (Å²) in [5.41, 5.74) is 5.82. The SMILES string of the molecule is CCC(C)C(N)C(=O)NC(C)C(=O)NC(CC(=O)O)C(=O)NC(CC(C)C)C(=O)O. The predicted octanol–water partition coefficient (Wildman–Crippen LogP) is -0.560. The van der Waals surface area contributed by atoms with Crippen LogP contribution in [0, 0.1) is 11.8 Å². The van der Waals surface area contributed by atoms with E-state index in [-0.39, 0.29) is 18.3 Å². The quantitative estimate of drug-likeness (QED) is 0.224. The highest BCUT2D eigenvalue weighted by Crippen LogP contribution is 2.07. The molecule has 0 aliphatic heterocycles. The first-order valence-electron chi connectivity index (χ1n) is 9.91. The Balaban J connectivity index is 5.16. The average molecular weight is 431 g/mol. The number of carboxylic acid groups (broad SMARTS) is 2. The minimum absolute atomic E-state index is 0.0381. The summed E-state index contributed by atoms with van der Waals surface area (Å²) in [5, 5.41) is 25.2. The largest absolute Gasteiger partial charge is 0.481 e. The van der Waals surface area contributed by atoms with Gasteiger partial charge in [-0.15, -0.1) is 0 Å². The molecule has 172 valence electrons. The first kappa shape index (κ1) is 27.3. The Hall–Kier alpha value is -2.69. The van der Waals surface area contributed by atoms with Crippen LogP contribution in [0.3, 0.4) is 0 Å². The topological polar surface area (TPSA) is 188 Å². The third-order valence-corrected chi connectivity index (χ3v) is 4.65. The molecule has 0 bridgehead atoms. The maximum atomic E-state index is 12.4. The number of carbonyl (C=O) groups excluding carboxylic acids is 3. The first-order chi connectivity index (χ1) is 13.8. The summed E-state index contributed by atoms with van der Waals surface area (Å²) in [6.07, 6.45) is 0.0462. The molecule has 0 spiro atoms. The summed E-state index contributed by atoms with van der Waals surface area (Å²) in [6.45, 7) is 8.57. The molecule has 30 heavy (non-hydrogen) atoms. The van der Waals surface area contributed by atoms with Crippen molar-refractivity contribution in [1.82, 2.24) is 16.0 Å². The fourth-order valence-corrected chi connectivity index (χ4v) is 2.53. The van der Waals surface area contributed by atoms with E-state index >= 15 is 0 Å². The number of aliphatic carboxylic acids is 2. The molecule has 0 rings (SSSR count). The molecular weight excluding hydrogens is 396 g/mol. The van der Waals surface area contributed by atoms with Gasteiger partial charge in [0, 0.05) is 0 Å². The molecule has 11 heteroatoms. The molecule has 7 N–H and O–H groups in total. The van der Waals surface area contributed by atoms with Gasteiger partial charge in [0.2, 0.25) is 17.7 Å². The van der Waals surface area contributed by atoms with E-state index in [0.29, 0.717) is 6.42 Å². The summed E-state index contributed by atoms with van der Waals surface area (Å²) in [4.78, 5) is 59.4. The molecule has 11 nitrogen and oxygen atoms in total. The highest BCUT2D eigenvalue weighted by atomic mass is 16.4. The van der Waals surface area contributed by atoms with Crippen LogP contribution in [-0.2, 0) is 24.0 Å². The van der Waals surface area contributed by atoms with E-state index in [1.54, 1.807) is 20.8 Å². The second-order valence-electron chi connectivity index (χ2n) is 7.83. The van der Waals surface area contributed by atoms with E-state index in [0.717, 1.165) is 0 Å². The van der Waals surface area contributed by atoms with E-state index < -0.39 is 60.2 Å². The van der Waals surface area contributed by atoms with Crippen LogP contribution in [0.4, 0.5) is 0 Å². The maximum absolute atomic E-state index is 12.4. The molecule has 0 saturated heterocycles. The summed E-state index contributed by atoms with van der Waals surface area (Å²) >= 11 is 0. The van der Waals surface area contributed by atoms with Gasteiger partial charge in [0.1, 0.15) is 18.1 Å². The summed E-state index contributed by atoms with van der Waals surface area (Å²) in [7, 11) is 0. The lowest BCUT2D eigenvalue weighted by Crippen LogP contribution is -2.57. The van der Waals surface area contributed by atoms with Crippen LogP contribution >= 0.6 is 0 Å². The monoisotopic (exact) mass is 430 g/mol. The van der Waals surface area contributed by atoms with Crippen molar-refractivity contribution >= 4 is 29.7 Å². The molecule has 5 atom stereocenters. The van der Waals surface area contributed by atoms with Crippen LogP contribution in [0.5, 0.6) is 0 Å². The highest BCUT2D eigenvalue weighted by Gasteiger charge is 2.30. The Labute approximate surface area is 176 Å². The van der Waals surface area contributed by atoms with E-state index in [2.05, 4.69) is 16.0 Å². The first-order valence-corrected chi connectivity index (χ1v) is 9.91. The smallest absolute Gasteiger partial charge is 0.326 e. The molecule has 0 aromatic rings. The Kier molecular flexibility index (Phi) is 11.6. The maximum Gasteiger partial charge on any atom is 0.326 e. The third-order valence-electron chi connectivity index (χ3n) is 4.65. The van der Waals surface area contributed by atoms with Crippen LogP contribution in [0.15, 0.2) is 0 Å². The molecule has 3 amide bonds. The molecule has 0 heterocycles. The Morgan fingerprint density at radius 2 is 1.37 bits per heavy atom. The van der Waals surface area contributed by atoms with Crippen molar-refractivity contribution in [3.05, 3.63) is 0 Å². The van der Waals surface area contributed by atoms with E-state index in [4.69, 9.17) is 10.8 Å². The predicted molar refractivity (Wildman–Crippen MR) is 108 cm³/mol. The van der Waals surface area contributed by atoms with Gasteiger partial charge in [0.15, 0.2) is 0 Å². The second kappa shape index (κ2) is 12.8. The van der Waals surface area contributed by atoms with Crippen LogP contribution in [0.2, 0.25) is 0 Å². The van der Waals surface area contributed by atoms with Gasteiger partial charge in [-0.2, -0.15) is 0 Å². The number of nitrogens with one attached hydrogen (secondary N) is 3. The van der Waals surface area contributed by atoms with E-state index in [1.165, 1.54) is 6.92 Å². The summed E-state index contributed by atoms with van der Waals surface area (Å²) < 4.78 is 0. The summed E-state index contributed by atoms with van der Waals surface area (Å²) in [5.74, 6) is -5.05. The van der Waals surface area contributed by atoms with Crippen molar-refractivity contribution in [3.63, 3.8) is 0 Å². The van der Waals surface area contributed by atoms with Crippen LogP contribution in [0.25, 0.3) is 0 Å². The molecule has 0 aliphatic rings. The van der Waals surface area contributed by atoms with Crippen molar-refractivity contribution in [2.75, 3.05) is 0 Å². The minimum Gasteiger partial charge on any atom is -0.481 e. The normalized spacial score (nSPS) is 16.0. The summed E-state index contributed by atoms with van der Waals surface area (Å²) in [6, 6.07) is -4.64. The molecule has 0 aliphatic carbocycles. The van der Waals surface area contributed by atoms with Gasteiger partial charge in [0.25, 0.3) is 0 Å². The van der Waals surface area contributed by atoms with Gasteiger partial charge in [-0.05, 0) is 25.2 Å². The lowest BCUT2D eigenvalue weighted by molar-refractivity contribution is -0.144. The molecule has 0 aromatic heterocycles. The van der Waals surface area contributed by atoms with Crippen molar-refractivity contribution in [3.8, 4) is 0 Å². The van der Waals surface area contributed by atoms with Crippen molar-refractivity contribution in [1.29, 1.82) is 0 Å². The fraction of sp³-hybridized carbons (Fsp3) is 0.737. The highest BCUT2D eigenvalue weighted by molar-refractivity contribution is 5.95. The van der Waals surface area contributed by atoms with Gasteiger partial charge >= 0.3 is 11.9 Å². The Bertz CT molecular complexity index is 638. The van der Waals surface area contributed by atoms with Gasteiger partial charge in [0.05, 0.1) is 12.5 Å². The number of carbonyl (C=O) groups is 5.